The van der Waals surface area contributed by atoms with Gasteiger partial charge in [-0.15, -0.1) is 0 Å². The Bertz CT molecular complexity index is 895. The van der Waals surface area contributed by atoms with Crippen molar-refractivity contribution < 1.29 is 23.5 Å². The molecule has 1 aromatic heterocycles. The summed E-state index contributed by atoms with van der Waals surface area (Å²) in [6.45, 7) is 1.37. The molecular formula is C18H19FN4O4S. The molecule has 1 aliphatic carbocycles. The summed E-state index contributed by atoms with van der Waals surface area (Å²) in [6, 6.07) is 5.03. The number of urea groups is 1. The third-order valence-electron chi connectivity index (χ3n) is 4.01. The molecule has 1 heterocycles. The number of amides is 3. The smallest absolute Gasteiger partial charge is 0.357 e. The van der Waals surface area contributed by atoms with E-state index in [2.05, 4.69) is 15.6 Å². The zero-order valence-corrected chi connectivity index (χ0v) is 16.1. The number of imidazole rings is 1. The number of ether oxygens (including phenoxy) is 1. The molecule has 8 nitrogen and oxygen atoms in total. The number of hydrogen-bond acceptors (Lipinski definition) is 6. The molecule has 0 saturated heterocycles. The molecule has 2 aromatic rings. The largest absolute Gasteiger partial charge is 0.448 e. The molecular weight excluding hydrogens is 387 g/mol. The first-order chi connectivity index (χ1) is 13.4. The van der Waals surface area contributed by atoms with E-state index in [9.17, 15) is 18.8 Å². The number of nitrogens with one attached hydrogen (secondary N) is 2. The van der Waals surface area contributed by atoms with Gasteiger partial charge in [-0.2, -0.15) is 0 Å². The van der Waals surface area contributed by atoms with Gasteiger partial charge in [-0.05, 0) is 50.3 Å². The number of aromatic nitrogens is 2. The Hall–Kier alpha value is -2.88. The molecule has 10 heteroatoms. The van der Waals surface area contributed by atoms with Gasteiger partial charge >= 0.3 is 12.0 Å². The summed E-state index contributed by atoms with van der Waals surface area (Å²) in [5, 5.41) is 5.25. The normalized spacial score (nSPS) is 14.2. The highest BCUT2D eigenvalue weighted by Crippen LogP contribution is 2.23. The molecule has 0 bridgehead atoms. The molecule has 148 valence electrons. The Kier molecular flexibility index (Phi) is 5.98. The second-order valence-corrected chi connectivity index (χ2v) is 7.00. The minimum Gasteiger partial charge on any atom is -0.448 e. The summed E-state index contributed by atoms with van der Waals surface area (Å²) in [5.41, 5.74) is 0.606. The van der Waals surface area contributed by atoms with Gasteiger partial charge in [-0.3, -0.25) is 14.7 Å². The minimum absolute atomic E-state index is 0.0815. The van der Waals surface area contributed by atoms with E-state index in [-0.39, 0.29) is 11.7 Å². The van der Waals surface area contributed by atoms with E-state index < -0.39 is 29.8 Å². The standard InChI is InChI=1S/C18H19FN4O4S/c1-10(15(24)22-17(26)21-12-5-6-12)27-16(25)14-9-20-18(28-2)23(14)13-7-3-11(19)4-8-13/h3-4,7-10,12H,5-6H2,1-2H3,(H2,21,22,24,26). The van der Waals surface area contributed by atoms with E-state index in [0.29, 0.717) is 10.8 Å². The average Bonchev–Trinajstić information content (AvgIpc) is 3.36. The number of halogens is 1. The molecule has 3 rings (SSSR count). The van der Waals surface area contributed by atoms with E-state index in [1.807, 2.05) is 0 Å². The van der Waals surface area contributed by atoms with E-state index in [1.165, 1.54) is 53.7 Å². The lowest BCUT2D eigenvalue weighted by molar-refractivity contribution is -0.127. The minimum atomic E-state index is -1.19. The first-order valence-electron chi connectivity index (χ1n) is 8.59. The molecule has 1 unspecified atom stereocenters. The van der Waals surface area contributed by atoms with Crippen LogP contribution in [0.25, 0.3) is 5.69 Å². The van der Waals surface area contributed by atoms with Gasteiger partial charge < -0.3 is 10.1 Å². The van der Waals surface area contributed by atoms with Crippen LogP contribution < -0.4 is 10.6 Å². The number of imide groups is 1. The second-order valence-electron chi connectivity index (χ2n) is 6.23. The van der Waals surface area contributed by atoms with Crippen LogP contribution >= 0.6 is 11.8 Å². The van der Waals surface area contributed by atoms with Crippen LogP contribution in [0.5, 0.6) is 0 Å². The van der Waals surface area contributed by atoms with Crippen molar-refractivity contribution in [3.8, 4) is 5.69 Å². The van der Waals surface area contributed by atoms with Gasteiger partial charge in [0, 0.05) is 11.7 Å². The highest BCUT2D eigenvalue weighted by molar-refractivity contribution is 7.98. The molecule has 0 radical (unpaired) electrons. The number of nitrogens with zero attached hydrogens (tertiary/aromatic N) is 2. The van der Waals surface area contributed by atoms with Crippen LogP contribution in [0.1, 0.15) is 30.3 Å². The molecule has 1 atom stereocenters. The first-order valence-corrected chi connectivity index (χ1v) is 9.81. The quantitative estimate of drug-likeness (QED) is 0.564. The second kappa shape index (κ2) is 8.42. The van der Waals surface area contributed by atoms with Gasteiger partial charge in [0.1, 0.15) is 5.82 Å². The molecule has 1 saturated carbocycles. The molecule has 0 aliphatic heterocycles. The van der Waals surface area contributed by atoms with Gasteiger partial charge in [-0.1, -0.05) is 11.8 Å². The van der Waals surface area contributed by atoms with Crippen molar-refractivity contribution in [2.24, 2.45) is 0 Å². The van der Waals surface area contributed by atoms with Crippen LogP contribution in [-0.2, 0) is 9.53 Å². The summed E-state index contributed by atoms with van der Waals surface area (Å²) in [4.78, 5) is 40.4. The molecule has 0 spiro atoms. The molecule has 1 aliphatic rings. The maximum absolute atomic E-state index is 13.2. The topological polar surface area (TPSA) is 102 Å². The van der Waals surface area contributed by atoms with Crippen LogP contribution in [0, 0.1) is 5.82 Å². The van der Waals surface area contributed by atoms with E-state index in [1.54, 1.807) is 6.26 Å². The molecule has 2 N–H and O–H groups in total. The Morgan fingerprint density at radius 2 is 1.96 bits per heavy atom. The first kappa shape index (κ1) is 19.9. The van der Waals surface area contributed by atoms with Crippen molar-refractivity contribution in [1.29, 1.82) is 0 Å². The average molecular weight is 406 g/mol. The molecule has 3 amide bonds. The predicted molar refractivity (Wildman–Crippen MR) is 99.9 cm³/mol. The van der Waals surface area contributed by atoms with Gasteiger partial charge in [0.15, 0.2) is 17.0 Å². The number of benzene rings is 1. The van der Waals surface area contributed by atoms with Crippen molar-refractivity contribution in [2.75, 3.05) is 6.26 Å². The predicted octanol–water partition coefficient (Wildman–Crippen LogP) is 2.27. The van der Waals surface area contributed by atoms with Crippen molar-refractivity contribution in [3.05, 3.63) is 42.0 Å². The van der Waals surface area contributed by atoms with E-state index >= 15 is 0 Å². The van der Waals surface area contributed by atoms with Gasteiger partial charge in [0.2, 0.25) is 0 Å². The molecule has 28 heavy (non-hydrogen) atoms. The fourth-order valence-corrected chi connectivity index (χ4v) is 2.94. The summed E-state index contributed by atoms with van der Waals surface area (Å²) >= 11 is 1.30. The van der Waals surface area contributed by atoms with Crippen molar-refractivity contribution in [3.63, 3.8) is 0 Å². The monoisotopic (exact) mass is 406 g/mol. The lowest BCUT2D eigenvalue weighted by Gasteiger charge is -2.15. The summed E-state index contributed by atoms with van der Waals surface area (Å²) in [6.07, 6.45) is 3.69. The van der Waals surface area contributed by atoms with Gasteiger partial charge in [-0.25, -0.2) is 19.0 Å². The summed E-state index contributed by atoms with van der Waals surface area (Å²) in [5.74, 6) is -1.93. The maximum Gasteiger partial charge on any atom is 0.357 e. The Morgan fingerprint density at radius 3 is 2.57 bits per heavy atom. The Labute approximate surface area is 164 Å². The maximum atomic E-state index is 13.2. The Morgan fingerprint density at radius 1 is 1.29 bits per heavy atom. The van der Waals surface area contributed by atoms with Crippen molar-refractivity contribution in [1.82, 2.24) is 20.2 Å². The van der Waals surface area contributed by atoms with Crippen molar-refractivity contribution >= 4 is 29.7 Å². The lowest BCUT2D eigenvalue weighted by Crippen LogP contribution is -2.45. The van der Waals surface area contributed by atoms with E-state index in [4.69, 9.17) is 4.74 Å². The zero-order chi connectivity index (χ0) is 20.3. The number of hydrogen-bond donors (Lipinski definition) is 2. The van der Waals surface area contributed by atoms with Gasteiger partial charge in [0.25, 0.3) is 5.91 Å². The Balaban J connectivity index is 1.71. The van der Waals surface area contributed by atoms with E-state index in [0.717, 1.165) is 12.8 Å². The van der Waals surface area contributed by atoms with Crippen LogP contribution in [-0.4, -0.2) is 45.9 Å². The van der Waals surface area contributed by atoms with Crippen molar-refractivity contribution in [2.45, 2.75) is 37.1 Å². The van der Waals surface area contributed by atoms with Gasteiger partial charge in [0.05, 0.1) is 6.20 Å². The number of esters is 1. The number of thioether (sulfide) groups is 1. The summed E-state index contributed by atoms with van der Waals surface area (Å²) < 4.78 is 19.9. The highest BCUT2D eigenvalue weighted by Gasteiger charge is 2.27. The highest BCUT2D eigenvalue weighted by atomic mass is 32.2. The van der Waals surface area contributed by atoms with Crippen LogP contribution in [0.15, 0.2) is 35.6 Å². The fourth-order valence-electron chi connectivity index (χ4n) is 2.40. The van der Waals surface area contributed by atoms with Crippen LogP contribution in [0.2, 0.25) is 0 Å². The molecule has 1 fully saturated rings. The summed E-state index contributed by atoms with van der Waals surface area (Å²) in [7, 11) is 0. The number of carbonyl (C=O) groups is 3. The fraction of sp³-hybridized carbons (Fsp3) is 0.333. The SMILES string of the molecule is CSc1ncc(C(=O)OC(C)C(=O)NC(=O)NC2CC2)n1-c1ccc(F)cc1. The lowest BCUT2D eigenvalue weighted by atomic mass is 10.3. The third kappa shape index (κ3) is 4.69. The molecule has 1 aromatic carbocycles. The number of rotatable bonds is 6. The number of carbonyl (C=O) groups excluding carboxylic acids is 3. The third-order valence-corrected chi connectivity index (χ3v) is 4.66. The van der Waals surface area contributed by atoms with Crippen LogP contribution in [0.4, 0.5) is 9.18 Å². The zero-order valence-electron chi connectivity index (χ0n) is 15.3. The van der Waals surface area contributed by atoms with Crippen LogP contribution in [0.3, 0.4) is 0 Å².